The van der Waals surface area contributed by atoms with E-state index in [1.165, 1.54) is 0 Å². The van der Waals surface area contributed by atoms with Crippen molar-refractivity contribution in [3.05, 3.63) is 69.0 Å². The number of benzene rings is 1. The summed E-state index contributed by atoms with van der Waals surface area (Å²) >= 11 is 6.74. The van der Waals surface area contributed by atoms with Crippen LogP contribution in [0.2, 0.25) is 0 Å². The van der Waals surface area contributed by atoms with Gasteiger partial charge in [0.25, 0.3) is 0 Å². The first-order chi connectivity index (χ1) is 12.0. The summed E-state index contributed by atoms with van der Waals surface area (Å²) in [6.45, 7) is 0.338. The molecule has 0 fully saturated rings. The zero-order valence-electron chi connectivity index (χ0n) is 13.2. The predicted octanol–water partition coefficient (Wildman–Crippen LogP) is 4.14. The third-order valence-corrected chi connectivity index (χ3v) is 4.67. The summed E-state index contributed by atoms with van der Waals surface area (Å²) in [5, 5.41) is 2.80. The van der Waals surface area contributed by atoms with Crippen LogP contribution in [0.3, 0.4) is 0 Å². The number of amides is 1. The van der Waals surface area contributed by atoms with Crippen LogP contribution in [0.4, 0.5) is 0 Å². The highest BCUT2D eigenvalue weighted by atomic mass is 79.9. The Labute approximate surface area is 161 Å². The lowest BCUT2D eigenvalue weighted by molar-refractivity contribution is -0.121. The molecule has 2 heterocycles. The number of carbonyl (C=O) groups is 2. The average molecular weight is 465 g/mol. The molecule has 1 amide bonds. The lowest BCUT2D eigenvalue weighted by Crippen LogP contribution is -2.23. The summed E-state index contributed by atoms with van der Waals surface area (Å²) in [4.78, 5) is 28.5. The number of nitrogens with zero attached hydrogens (tertiary/aromatic N) is 2. The molecule has 0 aliphatic carbocycles. The molecule has 7 heteroatoms. The number of imidazole rings is 1. The molecule has 0 spiro atoms. The topological polar surface area (TPSA) is 63.5 Å². The number of aromatic nitrogens is 2. The molecule has 0 aliphatic heterocycles. The van der Waals surface area contributed by atoms with Crippen LogP contribution in [0.1, 0.15) is 28.9 Å². The summed E-state index contributed by atoms with van der Waals surface area (Å²) in [5.74, 6) is -0.205. The van der Waals surface area contributed by atoms with Crippen LogP contribution in [0.25, 0.3) is 5.65 Å². The molecule has 1 aromatic carbocycles. The number of Topliss-reactive ketones (excluding diaryl/α,β-unsaturated/α-hetero) is 1. The number of hydrogen-bond donors (Lipinski definition) is 1. The van der Waals surface area contributed by atoms with Crippen molar-refractivity contribution < 1.29 is 9.59 Å². The quantitative estimate of drug-likeness (QED) is 0.557. The monoisotopic (exact) mass is 463 g/mol. The second kappa shape index (κ2) is 7.93. The minimum Gasteiger partial charge on any atom is -0.350 e. The number of pyridine rings is 1. The minimum absolute atomic E-state index is 0.0415. The Bertz CT molecular complexity index is 920. The first-order valence-corrected chi connectivity index (χ1v) is 9.28. The van der Waals surface area contributed by atoms with Gasteiger partial charge in [0, 0.05) is 39.7 Å². The van der Waals surface area contributed by atoms with Crippen molar-refractivity contribution in [2.24, 2.45) is 0 Å². The van der Waals surface area contributed by atoms with Gasteiger partial charge in [-0.3, -0.25) is 9.59 Å². The summed E-state index contributed by atoms with van der Waals surface area (Å²) in [6, 6.07) is 10.9. The number of fused-ring (bicyclic) bond motifs is 1. The second-order valence-corrected chi connectivity index (χ2v) is 7.38. The predicted molar refractivity (Wildman–Crippen MR) is 102 cm³/mol. The van der Waals surface area contributed by atoms with Crippen LogP contribution in [-0.4, -0.2) is 21.1 Å². The Morgan fingerprint density at radius 2 is 1.68 bits per heavy atom. The molecule has 3 rings (SSSR count). The average Bonchev–Trinajstić information content (AvgIpc) is 3.00. The molecule has 0 radical (unpaired) electrons. The minimum atomic E-state index is -0.163. The van der Waals surface area contributed by atoms with Gasteiger partial charge in [0.2, 0.25) is 5.91 Å². The third-order valence-electron chi connectivity index (χ3n) is 3.68. The Morgan fingerprint density at radius 1 is 0.960 bits per heavy atom. The highest BCUT2D eigenvalue weighted by Crippen LogP contribution is 2.13. The Balaban J connectivity index is 1.50. The first-order valence-electron chi connectivity index (χ1n) is 7.70. The molecule has 0 saturated heterocycles. The van der Waals surface area contributed by atoms with Crippen LogP contribution >= 0.6 is 31.9 Å². The van der Waals surface area contributed by atoms with Crippen LogP contribution in [0, 0.1) is 0 Å². The summed E-state index contributed by atoms with van der Waals surface area (Å²) in [5.41, 5.74) is 2.20. The van der Waals surface area contributed by atoms with Crippen molar-refractivity contribution in [1.29, 1.82) is 0 Å². The van der Waals surface area contributed by atoms with E-state index in [4.69, 9.17) is 0 Å². The van der Waals surface area contributed by atoms with Gasteiger partial charge >= 0.3 is 0 Å². The lowest BCUT2D eigenvalue weighted by atomic mass is 10.1. The number of carbonyl (C=O) groups excluding carboxylic acids is 2. The molecule has 128 valence electrons. The third kappa shape index (κ3) is 4.76. The van der Waals surface area contributed by atoms with Crippen molar-refractivity contribution in [3.8, 4) is 0 Å². The summed E-state index contributed by atoms with van der Waals surface area (Å²) in [7, 11) is 0. The highest BCUT2D eigenvalue weighted by Gasteiger charge is 2.10. The molecule has 0 atom stereocenters. The lowest BCUT2D eigenvalue weighted by Gasteiger charge is -2.03. The second-order valence-electron chi connectivity index (χ2n) is 5.55. The zero-order chi connectivity index (χ0) is 17.8. The Morgan fingerprint density at radius 3 is 2.44 bits per heavy atom. The van der Waals surface area contributed by atoms with E-state index in [2.05, 4.69) is 42.2 Å². The SMILES string of the molecule is O=C(CCC(=O)c1ccc(Br)cc1)NCc1cn2cc(Br)ccc2n1. The van der Waals surface area contributed by atoms with Crippen LogP contribution in [0.15, 0.2) is 57.7 Å². The van der Waals surface area contributed by atoms with Gasteiger partial charge in [0.15, 0.2) is 5.78 Å². The zero-order valence-corrected chi connectivity index (χ0v) is 16.4. The fourth-order valence-corrected chi connectivity index (χ4v) is 3.00. The van der Waals surface area contributed by atoms with Crippen molar-refractivity contribution in [2.45, 2.75) is 19.4 Å². The van der Waals surface area contributed by atoms with E-state index < -0.39 is 0 Å². The van der Waals surface area contributed by atoms with E-state index >= 15 is 0 Å². The summed E-state index contributed by atoms with van der Waals surface area (Å²) < 4.78 is 3.77. The fourth-order valence-electron chi connectivity index (χ4n) is 2.39. The number of hydrogen-bond acceptors (Lipinski definition) is 3. The Kier molecular flexibility index (Phi) is 5.65. The molecule has 3 aromatic rings. The molecule has 0 aliphatic rings. The number of rotatable bonds is 6. The van der Waals surface area contributed by atoms with E-state index in [1.807, 2.05) is 41.1 Å². The van der Waals surface area contributed by atoms with Crippen LogP contribution < -0.4 is 5.32 Å². The van der Waals surface area contributed by atoms with Crippen LogP contribution in [0.5, 0.6) is 0 Å². The molecule has 5 nitrogen and oxygen atoms in total. The highest BCUT2D eigenvalue weighted by molar-refractivity contribution is 9.10. The van der Waals surface area contributed by atoms with Crippen LogP contribution in [-0.2, 0) is 11.3 Å². The molecule has 25 heavy (non-hydrogen) atoms. The maximum Gasteiger partial charge on any atom is 0.220 e. The van der Waals surface area contributed by atoms with Gasteiger partial charge in [0.1, 0.15) is 5.65 Å². The van der Waals surface area contributed by atoms with Gasteiger partial charge in [-0.25, -0.2) is 4.98 Å². The van der Waals surface area contributed by atoms with Crippen molar-refractivity contribution >= 4 is 49.2 Å². The van der Waals surface area contributed by atoms with Crippen molar-refractivity contribution in [3.63, 3.8) is 0 Å². The summed E-state index contributed by atoms with van der Waals surface area (Å²) in [6.07, 6.45) is 4.12. The molecular formula is C18H15Br2N3O2. The van der Waals surface area contributed by atoms with Gasteiger partial charge in [-0.2, -0.15) is 0 Å². The van der Waals surface area contributed by atoms with E-state index in [-0.39, 0.29) is 24.5 Å². The molecule has 1 N–H and O–H groups in total. The number of ketones is 1. The standard InChI is InChI=1S/C18H15Br2N3O2/c19-13-3-1-12(2-4-13)16(24)6-8-18(25)21-9-15-11-23-10-14(20)5-7-17(23)22-15/h1-5,7,10-11H,6,8-9H2,(H,21,25). The van der Waals surface area contributed by atoms with Crippen molar-refractivity contribution in [1.82, 2.24) is 14.7 Å². The first kappa shape index (κ1) is 17.8. The molecule has 0 saturated carbocycles. The van der Waals surface area contributed by atoms with Gasteiger partial charge in [0.05, 0.1) is 12.2 Å². The van der Waals surface area contributed by atoms with E-state index in [1.54, 1.807) is 12.1 Å². The fraction of sp³-hybridized carbons (Fsp3) is 0.167. The van der Waals surface area contributed by atoms with E-state index in [0.29, 0.717) is 12.1 Å². The van der Waals surface area contributed by atoms with Gasteiger partial charge < -0.3 is 9.72 Å². The molecular weight excluding hydrogens is 450 g/mol. The van der Waals surface area contributed by atoms with Gasteiger partial charge in [-0.05, 0) is 40.2 Å². The smallest absolute Gasteiger partial charge is 0.220 e. The number of halogens is 2. The molecule has 0 bridgehead atoms. The maximum absolute atomic E-state index is 12.1. The molecule has 2 aromatic heterocycles. The Hall–Kier alpha value is -1.99. The normalized spacial score (nSPS) is 10.8. The largest absolute Gasteiger partial charge is 0.350 e. The number of nitrogens with one attached hydrogen (secondary N) is 1. The van der Waals surface area contributed by atoms with Crippen molar-refractivity contribution in [2.75, 3.05) is 0 Å². The van der Waals surface area contributed by atoms with Gasteiger partial charge in [-0.15, -0.1) is 0 Å². The maximum atomic E-state index is 12.1. The van der Waals surface area contributed by atoms with Gasteiger partial charge in [-0.1, -0.05) is 28.1 Å². The van der Waals surface area contributed by atoms with E-state index in [0.717, 1.165) is 20.3 Å². The molecule has 0 unspecified atom stereocenters. The van der Waals surface area contributed by atoms with E-state index in [9.17, 15) is 9.59 Å².